The third-order valence-corrected chi connectivity index (χ3v) is 2.94. The first-order valence-corrected chi connectivity index (χ1v) is 5.84. The van der Waals surface area contributed by atoms with E-state index in [1.165, 1.54) is 0 Å². The highest BCUT2D eigenvalue weighted by atomic mass is 16.3. The number of hydrogen-bond donors (Lipinski definition) is 4. The summed E-state index contributed by atoms with van der Waals surface area (Å²) in [7, 11) is 0. The zero-order valence-corrected chi connectivity index (χ0v) is 9.96. The van der Waals surface area contributed by atoms with Crippen LogP contribution in [0.4, 0.5) is 0 Å². The molecule has 2 aliphatic heterocycles. The maximum atomic E-state index is 10.6. The lowest BCUT2D eigenvalue weighted by molar-refractivity contribution is -0.120. The molecule has 2 rings (SSSR count). The summed E-state index contributed by atoms with van der Waals surface area (Å²) in [4.78, 5) is 30.9. The molecule has 18 heavy (non-hydrogen) atoms. The quantitative estimate of drug-likeness (QED) is 0.429. The Balaban J connectivity index is 0.000000184. The van der Waals surface area contributed by atoms with Crippen LogP contribution >= 0.6 is 0 Å². The first-order valence-electron chi connectivity index (χ1n) is 5.84. The van der Waals surface area contributed by atoms with Gasteiger partial charge in [-0.2, -0.15) is 0 Å². The Morgan fingerprint density at radius 2 is 1.83 bits per heavy atom. The van der Waals surface area contributed by atoms with Gasteiger partial charge >= 0.3 is 0 Å². The lowest BCUT2D eigenvalue weighted by Crippen LogP contribution is -2.25. The Morgan fingerprint density at radius 1 is 1.22 bits per heavy atom. The molecule has 7 nitrogen and oxygen atoms in total. The molecule has 0 saturated carbocycles. The lowest BCUT2D eigenvalue weighted by atomic mass is 10.0. The summed E-state index contributed by atoms with van der Waals surface area (Å²) in [6.45, 7) is 0.753. The van der Waals surface area contributed by atoms with Gasteiger partial charge in [-0.15, -0.1) is 0 Å². The highest BCUT2D eigenvalue weighted by Crippen LogP contribution is 2.12. The molecule has 0 aromatic heterocycles. The molecule has 0 aromatic rings. The van der Waals surface area contributed by atoms with Crippen LogP contribution in [0.5, 0.6) is 0 Å². The van der Waals surface area contributed by atoms with Crippen molar-refractivity contribution in [1.29, 1.82) is 0 Å². The average Bonchev–Trinajstić information content (AvgIpc) is 2.97. The van der Waals surface area contributed by atoms with Crippen LogP contribution in [0.1, 0.15) is 12.8 Å². The molecule has 4 N–H and O–H groups in total. The molecule has 2 amide bonds. The Labute approximate surface area is 105 Å². The average molecular weight is 258 g/mol. The van der Waals surface area contributed by atoms with E-state index in [1.807, 2.05) is 0 Å². The van der Waals surface area contributed by atoms with Crippen molar-refractivity contribution in [1.82, 2.24) is 10.6 Å². The van der Waals surface area contributed by atoms with E-state index in [9.17, 15) is 14.4 Å². The zero-order chi connectivity index (χ0) is 13.5. The van der Waals surface area contributed by atoms with Crippen LogP contribution in [0.25, 0.3) is 0 Å². The normalized spacial score (nSPS) is 27.9. The van der Waals surface area contributed by atoms with Gasteiger partial charge in [0.1, 0.15) is 6.29 Å². The number of hydrogen-bond acceptors (Lipinski definition) is 5. The molecule has 2 fully saturated rings. The van der Waals surface area contributed by atoms with Gasteiger partial charge in [0.15, 0.2) is 0 Å². The van der Waals surface area contributed by atoms with Gasteiger partial charge in [0.2, 0.25) is 11.8 Å². The van der Waals surface area contributed by atoms with Crippen LogP contribution in [-0.4, -0.2) is 54.1 Å². The molecule has 2 heterocycles. The molecule has 0 unspecified atom stereocenters. The van der Waals surface area contributed by atoms with Crippen LogP contribution in [-0.2, 0) is 14.4 Å². The van der Waals surface area contributed by atoms with E-state index in [2.05, 4.69) is 10.6 Å². The van der Waals surface area contributed by atoms with E-state index in [1.54, 1.807) is 0 Å². The maximum Gasteiger partial charge on any atom is 0.220 e. The Hall–Kier alpha value is -1.47. The van der Waals surface area contributed by atoms with Gasteiger partial charge in [0, 0.05) is 37.8 Å². The van der Waals surface area contributed by atoms with Crippen LogP contribution < -0.4 is 10.6 Å². The van der Waals surface area contributed by atoms with Gasteiger partial charge in [-0.05, 0) is 0 Å². The van der Waals surface area contributed by atoms with Gasteiger partial charge in [-0.3, -0.25) is 9.59 Å². The molecule has 2 aliphatic rings. The second-order valence-electron chi connectivity index (χ2n) is 4.42. The number of carbonyl (C=O) groups excluding carboxylic acids is 3. The summed E-state index contributed by atoms with van der Waals surface area (Å²) in [5.74, 6) is -0.223. The van der Waals surface area contributed by atoms with E-state index < -0.39 is 6.10 Å². The molecule has 0 radical (unpaired) electrons. The molecule has 102 valence electrons. The third-order valence-electron chi connectivity index (χ3n) is 2.94. The fourth-order valence-electron chi connectivity index (χ4n) is 1.77. The van der Waals surface area contributed by atoms with Gasteiger partial charge in [0.25, 0.3) is 0 Å². The summed E-state index contributed by atoms with van der Waals surface area (Å²) in [5, 5.41) is 22.7. The van der Waals surface area contributed by atoms with Crippen LogP contribution in [0.2, 0.25) is 0 Å². The van der Waals surface area contributed by atoms with Gasteiger partial charge < -0.3 is 25.6 Å². The number of carbonyl (C=O) groups is 3. The topological polar surface area (TPSA) is 116 Å². The smallest absolute Gasteiger partial charge is 0.220 e. The highest BCUT2D eigenvalue weighted by Gasteiger charge is 2.27. The van der Waals surface area contributed by atoms with Gasteiger partial charge in [0.05, 0.1) is 12.7 Å². The molecule has 7 heteroatoms. The summed E-state index contributed by atoms with van der Waals surface area (Å²) in [6, 6.07) is 0. The number of nitrogens with one attached hydrogen (secondary N) is 2. The molecular formula is C11H18N2O5. The summed E-state index contributed by atoms with van der Waals surface area (Å²) < 4.78 is 0. The number of aliphatic hydroxyl groups excluding tert-OH is 2. The number of amides is 2. The van der Waals surface area contributed by atoms with Gasteiger partial charge in [-0.1, -0.05) is 0 Å². The summed E-state index contributed by atoms with van der Waals surface area (Å²) >= 11 is 0. The van der Waals surface area contributed by atoms with Crippen molar-refractivity contribution in [2.75, 3.05) is 19.7 Å². The summed E-state index contributed by atoms with van der Waals surface area (Å²) in [6.07, 6.45) is 0.780. The van der Waals surface area contributed by atoms with Crippen molar-refractivity contribution in [2.24, 2.45) is 11.8 Å². The van der Waals surface area contributed by atoms with E-state index in [0.29, 0.717) is 25.9 Å². The first kappa shape index (κ1) is 14.6. The van der Waals surface area contributed by atoms with E-state index in [0.717, 1.165) is 6.29 Å². The highest BCUT2D eigenvalue weighted by molar-refractivity contribution is 5.82. The maximum absolute atomic E-state index is 10.6. The van der Waals surface area contributed by atoms with Crippen LogP contribution in [0.3, 0.4) is 0 Å². The predicted octanol–water partition coefficient (Wildman–Crippen LogP) is -2.20. The number of aldehydes is 1. The van der Waals surface area contributed by atoms with Crippen molar-refractivity contribution < 1.29 is 24.6 Å². The predicted molar refractivity (Wildman–Crippen MR) is 61.4 cm³/mol. The van der Waals surface area contributed by atoms with Crippen molar-refractivity contribution in [3.63, 3.8) is 0 Å². The Bertz CT molecular complexity index is 321. The first-order chi connectivity index (χ1) is 8.56. The fraction of sp³-hybridized carbons (Fsp3) is 0.727. The number of aliphatic hydroxyl groups is 2. The van der Waals surface area contributed by atoms with Crippen molar-refractivity contribution in [3.8, 4) is 0 Å². The standard InChI is InChI=1S/C6H11NO3.C5H7NO2/c8-3-5(9)4-1-6(10)7-2-4;7-3-4-1-5(8)6-2-4/h4-5,8-9H,1-3H2,(H,7,10);3-4H,1-2H2,(H,6,8)/t4-,5+;4-/m00/s1. The van der Waals surface area contributed by atoms with E-state index >= 15 is 0 Å². The minimum atomic E-state index is -0.751. The molecule has 2 saturated heterocycles. The SMILES string of the molecule is O=C1C[C@H]([C@H](O)CO)CN1.O=C[C@@H]1CNC(=O)C1. The number of rotatable bonds is 3. The molecule has 0 aromatic carbocycles. The largest absolute Gasteiger partial charge is 0.394 e. The fourth-order valence-corrected chi connectivity index (χ4v) is 1.77. The van der Waals surface area contributed by atoms with Crippen molar-refractivity contribution in [3.05, 3.63) is 0 Å². The van der Waals surface area contributed by atoms with Crippen LogP contribution in [0, 0.1) is 11.8 Å². The van der Waals surface area contributed by atoms with Crippen molar-refractivity contribution >= 4 is 18.1 Å². The lowest BCUT2D eigenvalue weighted by Gasteiger charge is -2.11. The van der Waals surface area contributed by atoms with E-state index in [-0.39, 0.29) is 30.3 Å². The minimum absolute atomic E-state index is 0.0119. The monoisotopic (exact) mass is 258 g/mol. The Morgan fingerprint density at radius 3 is 2.17 bits per heavy atom. The summed E-state index contributed by atoms with van der Waals surface area (Å²) in [5.41, 5.74) is 0. The second-order valence-corrected chi connectivity index (χ2v) is 4.42. The van der Waals surface area contributed by atoms with Crippen molar-refractivity contribution in [2.45, 2.75) is 18.9 Å². The molecule has 0 bridgehead atoms. The third kappa shape index (κ3) is 4.42. The minimum Gasteiger partial charge on any atom is -0.394 e. The molecular weight excluding hydrogens is 240 g/mol. The van der Waals surface area contributed by atoms with Crippen LogP contribution in [0.15, 0.2) is 0 Å². The molecule has 0 aliphatic carbocycles. The molecule has 0 spiro atoms. The Kier molecular flexibility index (Phi) is 5.73. The van der Waals surface area contributed by atoms with Gasteiger partial charge in [-0.25, -0.2) is 0 Å². The van der Waals surface area contributed by atoms with E-state index in [4.69, 9.17) is 10.2 Å². The zero-order valence-electron chi connectivity index (χ0n) is 9.96. The second kappa shape index (κ2) is 7.07. The molecule has 3 atom stereocenters.